The van der Waals surface area contributed by atoms with Gasteiger partial charge in [-0.05, 0) is 38.8 Å². The van der Waals surface area contributed by atoms with Crippen molar-refractivity contribution in [1.29, 1.82) is 0 Å². The van der Waals surface area contributed by atoms with E-state index in [1.54, 1.807) is 0 Å². The SMILES string of the molecule is CC(O[SH](=O)=O)C1CCNCC1. The normalized spacial score (nSPS) is 22.8. The number of hydrogen-bond donors (Lipinski definition) is 2. The third-order valence-corrected chi connectivity index (χ3v) is 2.80. The lowest BCUT2D eigenvalue weighted by atomic mass is 9.93. The smallest absolute Gasteiger partial charge is 0.257 e. The first-order valence-electron chi connectivity index (χ1n) is 4.22. The van der Waals surface area contributed by atoms with E-state index in [9.17, 15) is 8.42 Å². The average molecular weight is 193 g/mol. The fourth-order valence-corrected chi connectivity index (χ4v) is 1.98. The predicted octanol–water partition coefficient (Wildman–Crippen LogP) is -0.0825. The second-order valence-corrected chi connectivity index (χ2v) is 3.78. The molecule has 4 nitrogen and oxygen atoms in total. The van der Waals surface area contributed by atoms with E-state index in [1.807, 2.05) is 6.92 Å². The summed E-state index contributed by atoms with van der Waals surface area (Å²) in [4.78, 5) is 0. The largest absolute Gasteiger partial charge is 0.317 e. The van der Waals surface area contributed by atoms with Crippen molar-refractivity contribution >= 4 is 11.0 Å². The van der Waals surface area contributed by atoms with Crippen molar-refractivity contribution in [2.75, 3.05) is 13.1 Å². The van der Waals surface area contributed by atoms with Gasteiger partial charge in [-0.1, -0.05) is 0 Å². The Morgan fingerprint density at radius 3 is 2.50 bits per heavy atom. The topological polar surface area (TPSA) is 55.4 Å². The summed E-state index contributed by atoms with van der Waals surface area (Å²) < 4.78 is 25.2. The average Bonchev–Trinajstić information content (AvgIpc) is 2.05. The third kappa shape index (κ3) is 3.08. The quantitative estimate of drug-likeness (QED) is 0.615. The summed E-state index contributed by atoms with van der Waals surface area (Å²) >= 11 is 0. The van der Waals surface area contributed by atoms with Crippen molar-refractivity contribution in [1.82, 2.24) is 5.32 Å². The van der Waals surface area contributed by atoms with Crippen LogP contribution in [0.5, 0.6) is 0 Å². The van der Waals surface area contributed by atoms with Crippen LogP contribution in [0.1, 0.15) is 19.8 Å². The Balaban J connectivity index is 2.34. The van der Waals surface area contributed by atoms with Crippen LogP contribution in [-0.2, 0) is 15.2 Å². The predicted molar refractivity (Wildman–Crippen MR) is 46.5 cm³/mol. The summed E-state index contributed by atoms with van der Waals surface area (Å²) in [5, 5.41) is 3.22. The molecule has 72 valence electrons. The van der Waals surface area contributed by atoms with Gasteiger partial charge in [-0.25, -0.2) is 8.42 Å². The minimum Gasteiger partial charge on any atom is -0.317 e. The zero-order valence-corrected chi connectivity index (χ0v) is 8.05. The zero-order valence-electron chi connectivity index (χ0n) is 7.16. The number of thiol groups is 1. The molecule has 1 heterocycles. The summed E-state index contributed by atoms with van der Waals surface area (Å²) in [6, 6.07) is 0. The van der Waals surface area contributed by atoms with Gasteiger partial charge in [0.1, 0.15) is 0 Å². The van der Waals surface area contributed by atoms with Crippen LogP contribution in [0.3, 0.4) is 0 Å². The first-order valence-corrected chi connectivity index (χ1v) is 5.31. The van der Waals surface area contributed by atoms with Gasteiger partial charge in [-0.2, -0.15) is 0 Å². The highest BCUT2D eigenvalue weighted by molar-refractivity contribution is 7.67. The molecule has 0 bridgehead atoms. The molecule has 0 spiro atoms. The Bertz CT molecular complexity index is 191. The molecule has 5 heteroatoms. The molecule has 1 N–H and O–H groups in total. The van der Waals surface area contributed by atoms with Gasteiger partial charge in [0.05, 0.1) is 6.10 Å². The molecule has 1 rings (SSSR count). The Kier molecular flexibility index (Phi) is 3.97. The summed E-state index contributed by atoms with van der Waals surface area (Å²) in [5.74, 6) is 0.388. The van der Waals surface area contributed by atoms with Crippen LogP contribution >= 0.6 is 0 Å². The fraction of sp³-hybridized carbons (Fsp3) is 1.00. The molecule has 0 radical (unpaired) electrons. The van der Waals surface area contributed by atoms with Gasteiger partial charge < -0.3 is 5.32 Å². The first-order chi connectivity index (χ1) is 5.70. The summed E-state index contributed by atoms with van der Waals surface area (Å²) in [6.07, 6.45) is 1.85. The molecule has 1 fully saturated rings. The van der Waals surface area contributed by atoms with Gasteiger partial charge in [-0.15, -0.1) is 0 Å². The Morgan fingerprint density at radius 1 is 1.42 bits per heavy atom. The molecule has 0 aromatic rings. The van der Waals surface area contributed by atoms with Crippen LogP contribution in [0.15, 0.2) is 0 Å². The zero-order chi connectivity index (χ0) is 8.97. The van der Waals surface area contributed by atoms with Crippen molar-refractivity contribution in [3.63, 3.8) is 0 Å². The monoisotopic (exact) mass is 193 g/mol. The number of nitrogens with one attached hydrogen (secondary N) is 1. The van der Waals surface area contributed by atoms with Crippen LogP contribution in [0.2, 0.25) is 0 Å². The highest BCUT2D eigenvalue weighted by atomic mass is 32.2. The highest BCUT2D eigenvalue weighted by Gasteiger charge is 2.20. The lowest BCUT2D eigenvalue weighted by Gasteiger charge is -2.26. The number of piperidine rings is 1. The molecule has 1 aliphatic heterocycles. The van der Waals surface area contributed by atoms with E-state index in [2.05, 4.69) is 5.32 Å². The molecule has 1 atom stereocenters. The maximum Gasteiger partial charge on any atom is 0.257 e. The Morgan fingerprint density at radius 2 is 2.00 bits per heavy atom. The molecule has 0 aliphatic carbocycles. The van der Waals surface area contributed by atoms with Gasteiger partial charge in [0, 0.05) is 0 Å². The molecule has 0 aromatic heterocycles. The second-order valence-electron chi connectivity index (χ2n) is 3.12. The van der Waals surface area contributed by atoms with E-state index in [-0.39, 0.29) is 6.10 Å². The van der Waals surface area contributed by atoms with Crippen molar-refractivity contribution < 1.29 is 12.6 Å². The van der Waals surface area contributed by atoms with Gasteiger partial charge in [0.25, 0.3) is 11.0 Å². The van der Waals surface area contributed by atoms with Crippen LogP contribution in [0.4, 0.5) is 0 Å². The summed E-state index contributed by atoms with van der Waals surface area (Å²) in [5.41, 5.74) is 0. The maximum atomic E-state index is 10.3. The Labute approximate surface area is 74.5 Å². The number of hydrogen-bond acceptors (Lipinski definition) is 4. The van der Waals surface area contributed by atoms with Gasteiger partial charge >= 0.3 is 0 Å². The molecular weight excluding hydrogens is 178 g/mol. The molecule has 1 saturated heterocycles. The van der Waals surface area contributed by atoms with Gasteiger partial charge in [0.15, 0.2) is 0 Å². The highest BCUT2D eigenvalue weighted by Crippen LogP contribution is 2.18. The van der Waals surface area contributed by atoms with Crippen molar-refractivity contribution in [3.8, 4) is 0 Å². The molecule has 0 amide bonds. The van der Waals surface area contributed by atoms with E-state index >= 15 is 0 Å². The van der Waals surface area contributed by atoms with E-state index in [0.29, 0.717) is 5.92 Å². The molecular formula is C7H15NO3S. The standard InChI is InChI=1S/C7H15NO3S/c1-6(11-12(9)10)7-2-4-8-5-3-7/h6-8,12H,2-5H2,1H3. The molecule has 1 aliphatic rings. The van der Waals surface area contributed by atoms with E-state index in [4.69, 9.17) is 4.18 Å². The number of rotatable bonds is 3. The summed E-state index contributed by atoms with van der Waals surface area (Å²) in [6.45, 7) is 3.75. The summed E-state index contributed by atoms with van der Waals surface area (Å²) in [7, 11) is -2.69. The molecule has 1 unspecified atom stereocenters. The third-order valence-electron chi connectivity index (χ3n) is 2.30. The van der Waals surface area contributed by atoms with Crippen LogP contribution < -0.4 is 5.32 Å². The second kappa shape index (κ2) is 4.79. The van der Waals surface area contributed by atoms with Crippen LogP contribution in [-0.4, -0.2) is 27.6 Å². The van der Waals surface area contributed by atoms with Crippen LogP contribution in [0, 0.1) is 5.92 Å². The van der Waals surface area contributed by atoms with Crippen molar-refractivity contribution in [3.05, 3.63) is 0 Å². The van der Waals surface area contributed by atoms with Gasteiger partial charge in [-0.3, -0.25) is 4.18 Å². The lowest BCUT2D eigenvalue weighted by Crippen LogP contribution is -2.33. The van der Waals surface area contributed by atoms with E-state index < -0.39 is 11.0 Å². The minimum absolute atomic E-state index is 0.159. The lowest BCUT2D eigenvalue weighted by molar-refractivity contribution is 0.140. The van der Waals surface area contributed by atoms with Crippen molar-refractivity contribution in [2.45, 2.75) is 25.9 Å². The van der Waals surface area contributed by atoms with Crippen LogP contribution in [0.25, 0.3) is 0 Å². The molecule has 12 heavy (non-hydrogen) atoms. The molecule has 0 saturated carbocycles. The fourth-order valence-electron chi connectivity index (χ4n) is 1.54. The minimum atomic E-state index is -2.69. The Hall–Kier alpha value is -0.130. The van der Waals surface area contributed by atoms with E-state index in [1.165, 1.54) is 0 Å². The maximum absolute atomic E-state index is 10.3. The van der Waals surface area contributed by atoms with Gasteiger partial charge in [0.2, 0.25) is 0 Å². The molecule has 0 aromatic carbocycles. The van der Waals surface area contributed by atoms with Crippen molar-refractivity contribution in [2.24, 2.45) is 5.92 Å². The first kappa shape index (κ1) is 9.95. The van der Waals surface area contributed by atoms with E-state index in [0.717, 1.165) is 25.9 Å².